The Morgan fingerprint density at radius 1 is 1.47 bits per heavy atom. The second kappa shape index (κ2) is 5.53. The van der Waals surface area contributed by atoms with Crippen LogP contribution in [0.5, 0.6) is 5.88 Å². The van der Waals surface area contributed by atoms with E-state index >= 15 is 0 Å². The lowest BCUT2D eigenvalue weighted by molar-refractivity contribution is 0.0703. The number of hydroxylamine groups is 1. The van der Waals surface area contributed by atoms with E-state index in [9.17, 15) is 4.79 Å². The molecular weight excluding hydrogens is 246 g/mol. The van der Waals surface area contributed by atoms with Gasteiger partial charge in [-0.05, 0) is 18.6 Å². The Morgan fingerprint density at radius 3 is 2.89 bits per heavy atom. The molecule has 1 aromatic heterocycles. The molecule has 1 heterocycles. The normalized spacial score (nSPS) is 10.3. The van der Waals surface area contributed by atoms with Crippen molar-refractivity contribution in [3.63, 3.8) is 0 Å². The summed E-state index contributed by atoms with van der Waals surface area (Å²) in [5.74, 6) is -0.0653. The van der Waals surface area contributed by atoms with Crippen LogP contribution in [-0.2, 0) is 13.7 Å². The predicted molar refractivity (Wildman–Crippen MR) is 68.0 cm³/mol. The van der Waals surface area contributed by atoms with Crippen LogP contribution in [0.15, 0.2) is 30.5 Å². The number of carbonyl (C=O) groups is 1. The molecule has 0 aliphatic heterocycles. The zero-order valence-electron chi connectivity index (χ0n) is 10.8. The van der Waals surface area contributed by atoms with Gasteiger partial charge in [0.25, 0.3) is 5.91 Å². The smallest absolute Gasteiger partial charge is 0.275 e. The van der Waals surface area contributed by atoms with E-state index in [2.05, 4.69) is 5.10 Å². The van der Waals surface area contributed by atoms with Gasteiger partial charge in [0.05, 0.1) is 0 Å². The van der Waals surface area contributed by atoms with Crippen LogP contribution in [0.4, 0.5) is 0 Å². The predicted octanol–water partition coefficient (Wildman–Crippen LogP) is 1.43. The van der Waals surface area contributed by atoms with Gasteiger partial charge in [-0.1, -0.05) is 12.1 Å². The fraction of sp³-hybridized carbons (Fsp3) is 0.231. The van der Waals surface area contributed by atoms with Gasteiger partial charge in [0, 0.05) is 30.4 Å². The standard InChI is InChI=1S/C13H15N3O3/c1-9-4-3-5-10(13(17)15-18)11(9)8-19-12-6-7-16(2)14-12/h3-7,18H,8H2,1-2H3,(H,15,17). The second-order valence-electron chi connectivity index (χ2n) is 4.16. The van der Waals surface area contributed by atoms with Gasteiger partial charge < -0.3 is 4.74 Å². The van der Waals surface area contributed by atoms with Crippen molar-refractivity contribution in [2.45, 2.75) is 13.5 Å². The van der Waals surface area contributed by atoms with Crippen molar-refractivity contribution in [3.8, 4) is 5.88 Å². The molecule has 6 heteroatoms. The average molecular weight is 261 g/mol. The van der Waals surface area contributed by atoms with Crippen LogP contribution in [0.3, 0.4) is 0 Å². The van der Waals surface area contributed by atoms with Gasteiger partial charge in [-0.3, -0.25) is 14.7 Å². The summed E-state index contributed by atoms with van der Waals surface area (Å²) in [5, 5.41) is 12.8. The molecular formula is C13H15N3O3. The summed E-state index contributed by atoms with van der Waals surface area (Å²) in [6.07, 6.45) is 1.77. The first kappa shape index (κ1) is 13.1. The van der Waals surface area contributed by atoms with Crippen LogP contribution in [0.1, 0.15) is 21.5 Å². The zero-order valence-corrected chi connectivity index (χ0v) is 10.8. The SMILES string of the molecule is Cc1cccc(C(=O)NO)c1COc1ccn(C)n1. The van der Waals surface area contributed by atoms with E-state index < -0.39 is 5.91 Å². The van der Waals surface area contributed by atoms with E-state index in [1.54, 1.807) is 41.6 Å². The fourth-order valence-electron chi connectivity index (χ4n) is 1.78. The Morgan fingerprint density at radius 2 is 2.26 bits per heavy atom. The lowest BCUT2D eigenvalue weighted by Gasteiger charge is -2.11. The van der Waals surface area contributed by atoms with Gasteiger partial charge in [-0.2, -0.15) is 0 Å². The molecule has 100 valence electrons. The highest BCUT2D eigenvalue weighted by molar-refractivity contribution is 5.95. The molecule has 2 N–H and O–H groups in total. The number of ether oxygens (including phenoxy) is 1. The summed E-state index contributed by atoms with van der Waals surface area (Å²) >= 11 is 0. The Hall–Kier alpha value is -2.34. The van der Waals surface area contributed by atoms with Crippen molar-refractivity contribution in [1.82, 2.24) is 15.3 Å². The summed E-state index contributed by atoms with van der Waals surface area (Å²) in [6.45, 7) is 2.09. The number of benzene rings is 1. The minimum atomic E-state index is -0.552. The van der Waals surface area contributed by atoms with Crippen LogP contribution in [0.2, 0.25) is 0 Å². The fourth-order valence-corrected chi connectivity index (χ4v) is 1.78. The molecule has 0 radical (unpaired) electrons. The van der Waals surface area contributed by atoms with Crippen LogP contribution >= 0.6 is 0 Å². The number of aromatic nitrogens is 2. The summed E-state index contributed by atoms with van der Waals surface area (Å²) in [5.41, 5.74) is 3.66. The van der Waals surface area contributed by atoms with E-state index in [4.69, 9.17) is 9.94 Å². The second-order valence-corrected chi connectivity index (χ2v) is 4.16. The third kappa shape index (κ3) is 2.92. The number of nitrogens with zero attached hydrogens (tertiary/aromatic N) is 2. The molecule has 0 atom stereocenters. The maximum Gasteiger partial charge on any atom is 0.275 e. The third-order valence-corrected chi connectivity index (χ3v) is 2.81. The van der Waals surface area contributed by atoms with Gasteiger partial charge in [0.2, 0.25) is 5.88 Å². The number of nitrogens with one attached hydrogen (secondary N) is 1. The third-order valence-electron chi connectivity index (χ3n) is 2.81. The zero-order chi connectivity index (χ0) is 13.8. The molecule has 0 saturated carbocycles. The van der Waals surface area contributed by atoms with E-state index in [0.29, 0.717) is 11.4 Å². The first-order valence-corrected chi connectivity index (χ1v) is 5.77. The van der Waals surface area contributed by atoms with Gasteiger partial charge in [0.15, 0.2) is 0 Å². The van der Waals surface area contributed by atoms with Crippen LogP contribution in [0.25, 0.3) is 0 Å². The summed E-state index contributed by atoms with van der Waals surface area (Å²) in [6, 6.07) is 7.01. The first-order chi connectivity index (χ1) is 9.11. The molecule has 1 amide bonds. The summed E-state index contributed by atoms with van der Waals surface area (Å²) in [4.78, 5) is 11.6. The molecule has 0 unspecified atom stereocenters. The highest BCUT2D eigenvalue weighted by atomic mass is 16.5. The number of carbonyl (C=O) groups excluding carboxylic acids is 1. The minimum absolute atomic E-state index is 0.215. The maximum absolute atomic E-state index is 11.6. The molecule has 2 rings (SSSR count). The van der Waals surface area contributed by atoms with E-state index in [1.165, 1.54) is 0 Å². The molecule has 0 bridgehead atoms. The lowest BCUT2D eigenvalue weighted by Crippen LogP contribution is -2.21. The highest BCUT2D eigenvalue weighted by Crippen LogP contribution is 2.17. The molecule has 0 spiro atoms. The summed E-state index contributed by atoms with van der Waals surface area (Å²) < 4.78 is 7.17. The van der Waals surface area contributed by atoms with Gasteiger partial charge in [-0.25, -0.2) is 5.48 Å². The van der Waals surface area contributed by atoms with Gasteiger partial charge in [0.1, 0.15) is 6.61 Å². The van der Waals surface area contributed by atoms with Crippen LogP contribution in [-0.4, -0.2) is 20.9 Å². The number of aryl methyl sites for hydroxylation is 2. The quantitative estimate of drug-likeness (QED) is 0.644. The van der Waals surface area contributed by atoms with Crippen molar-refractivity contribution in [2.75, 3.05) is 0 Å². The lowest BCUT2D eigenvalue weighted by atomic mass is 10.0. The van der Waals surface area contributed by atoms with Crippen molar-refractivity contribution >= 4 is 5.91 Å². The molecule has 0 fully saturated rings. The van der Waals surface area contributed by atoms with Gasteiger partial charge >= 0.3 is 0 Å². The van der Waals surface area contributed by atoms with Crippen molar-refractivity contribution < 1.29 is 14.7 Å². The van der Waals surface area contributed by atoms with E-state index in [-0.39, 0.29) is 6.61 Å². The molecule has 19 heavy (non-hydrogen) atoms. The number of amides is 1. The van der Waals surface area contributed by atoms with Crippen molar-refractivity contribution in [3.05, 3.63) is 47.2 Å². The first-order valence-electron chi connectivity index (χ1n) is 5.77. The van der Waals surface area contributed by atoms with Crippen molar-refractivity contribution in [1.29, 1.82) is 0 Å². The highest BCUT2D eigenvalue weighted by Gasteiger charge is 2.13. The monoisotopic (exact) mass is 261 g/mol. The number of hydrogen-bond acceptors (Lipinski definition) is 4. The number of rotatable bonds is 4. The van der Waals surface area contributed by atoms with E-state index in [1.807, 2.05) is 13.0 Å². The molecule has 2 aromatic rings. The summed E-state index contributed by atoms with van der Waals surface area (Å²) in [7, 11) is 1.80. The van der Waals surface area contributed by atoms with Crippen LogP contribution < -0.4 is 10.2 Å². The maximum atomic E-state index is 11.6. The Labute approximate surface area is 110 Å². The number of hydrogen-bond donors (Lipinski definition) is 2. The molecule has 6 nitrogen and oxygen atoms in total. The molecule has 1 aromatic carbocycles. The largest absolute Gasteiger partial charge is 0.472 e. The van der Waals surface area contributed by atoms with E-state index in [0.717, 1.165) is 11.1 Å². The average Bonchev–Trinajstić information content (AvgIpc) is 2.82. The van der Waals surface area contributed by atoms with Gasteiger partial charge in [-0.15, -0.1) is 5.10 Å². The van der Waals surface area contributed by atoms with Crippen molar-refractivity contribution in [2.24, 2.45) is 7.05 Å². The Kier molecular flexibility index (Phi) is 3.82. The molecule has 0 saturated heterocycles. The Balaban J connectivity index is 2.21. The molecule has 0 aliphatic rings. The topological polar surface area (TPSA) is 76.4 Å². The minimum Gasteiger partial charge on any atom is -0.472 e. The van der Waals surface area contributed by atoms with Crippen LogP contribution in [0, 0.1) is 6.92 Å². The molecule has 0 aliphatic carbocycles. The Bertz CT molecular complexity index is 593.